The second-order valence-electron chi connectivity index (χ2n) is 8.99. The van der Waals surface area contributed by atoms with E-state index in [1.807, 2.05) is 44.4 Å². The Morgan fingerprint density at radius 3 is 2.44 bits per heavy atom. The Morgan fingerprint density at radius 2 is 1.69 bits per heavy atom. The summed E-state index contributed by atoms with van der Waals surface area (Å²) < 4.78 is 6.24. The van der Waals surface area contributed by atoms with E-state index < -0.39 is 0 Å². The highest BCUT2D eigenvalue weighted by Crippen LogP contribution is 2.27. The molecule has 1 fully saturated rings. The van der Waals surface area contributed by atoms with Crippen LogP contribution in [0.4, 0.5) is 5.95 Å². The van der Waals surface area contributed by atoms with Crippen LogP contribution < -0.4 is 14.5 Å². The van der Waals surface area contributed by atoms with Crippen LogP contribution in [0.5, 0.6) is 11.8 Å². The summed E-state index contributed by atoms with van der Waals surface area (Å²) >= 11 is 0. The molecule has 0 amide bonds. The summed E-state index contributed by atoms with van der Waals surface area (Å²) in [5.41, 5.74) is 3.64. The van der Waals surface area contributed by atoms with Gasteiger partial charge in [-0.2, -0.15) is 4.98 Å². The van der Waals surface area contributed by atoms with Crippen LogP contribution in [0, 0.1) is 6.92 Å². The number of rotatable bonds is 7. The van der Waals surface area contributed by atoms with E-state index in [0.29, 0.717) is 11.8 Å². The van der Waals surface area contributed by atoms with Crippen molar-refractivity contribution in [1.82, 2.24) is 19.9 Å². The van der Waals surface area contributed by atoms with Crippen molar-refractivity contribution in [2.75, 3.05) is 18.0 Å². The Balaban J connectivity index is 1.21. The number of aryl methyl sites for hydroxylation is 1. The molecular weight excluding hydrogens is 452 g/mol. The number of benzene rings is 2. The monoisotopic (exact) mass is 482 g/mol. The van der Waals surface area contributed by atoms with Crippen LogP contribution in [0.1, 0.15) is 43.4 Å². The average molecular weight is 483 g/mol. The van der Waals surface area contributed by atoms with Crippen molar-refractivity contribution in [1.29, 1.82) is 0 Å². The zero-order valence-corrected chi connectivity index (χ0v) is 20.9. The van der Waals surface area contributed by atoms with Crippen molar-refractivity contribution in [3.63, 3.8) is 0 Å². The molecule has 5 rings (SSSR count). The third-order valence-electron chi connectivity index (χ3n) is 6.53. The molecule has 0 spiro atoms. The molecule has 0 N–H and O–H groups in total. The lowest BCUT2D eigenvalue weighted by atomic mass is 10.0. The predicted octanol–water partition coefficient (Wildman–Crippen LogP) is 5.14. The van der Waals surface area contributed by atoms with E-state index in [1.54, 1.807) is 0 Å². The Morgan fingerprint density at radius 1 is 0.972 bits per heavy atom. The van der Waals surface area contributed by atoms with Crippen LogP contribution >= 0.6 is 0 Å². The Bertz CT molecular complexity index is 1360. The van der Waals surface area contributed by atoms with Gasteiger partial charge in [-0.25, -0.2) is 15.0 Å². The molecule has 8 heteroatoms. The van der Waals surface area contributed by atoms with E-state index in [1.165, 1.54) is 11.7 Å². The number of piperidine rings is 1. The second-order valence-corrected chi connectivity index (χ2v) is 8.99. The first-order valence-corrected chi connectivity index (χ1v) is 12.4. The van der Waals surface area contributed by atoms with E-state index in [0.717, 1.165) is 66.1 Å². The molecule has 0 saturated carbocycles. The molecule has 0 atom stereocenters. The Kier molecular flexibility index (Phi) is 7.02. The minimum Gasteiger partial charge on any atom is -0.474 e. The molecule has 3 heterocycles. The molecule has 4 aromatic rings. The first-order valence-electron chi connectivity index (χ1n) is 12.4. The van der Waals surface area contributed by atoms with E-state index >= 15 is 0 Å². The number of hydrogen-bond donors (Lipinski definition) is 0. The molecular formula is C28H30N6O2. The SMILES string of the molecule is CCc1cnc(N2CCC(Oc3ncnc(ON=C(C)c4ccc5ccccc5c4)c3C)CC2)nc1. The average Bonchev–Trinajstić information content (AvgIpc) is 2.93. The van der Waals surface area contributed by atoms with Gasteiger partial charge in [-0.3, -0.25) is 0 Å². The number of hydrogen-bond acceptors (Lipinski definition) is 8. The van der Waals surface area contributed by atoms with Crippen LogP contribution in [0.25, 0.3) is 10.8 Å². The zero-order chi connectivity index (χ0) is 24.9. The highest BCUT2D eigenvalue weighted by atomic mass is 16.6. The quantitative estimate of drug-likeness (QED) is 0.266. The van der Waals surface area contributed by atoms with Crippen molar-refractivity contribution in [3.05, 3.63) is 77.9 Å². The minimum atomic E-state index is 0.0560. The molecule has 0 bridgehead atoms. The highest BCUT2D eigenvalue weighted by Gasteiger charge is 2.24. The van der Waals surface area contributed by atoms with Gasteiger partial charge in [0.1, 0.15) is 12.4 Å². The summed E-state index contributed by atoms with van der Waals surface area (Å²) in [4.78, 5) is 25.5. The molecule has 0 unspecified atom stereocenters. The predicted molar refractivity (Wildman–Crippen MR) is 141 cm³/mol. The van der Waals surface area contributed by atoms with Crippen LogP contribution in [0.3, 0.4) is 0 Å². The van der Waals surface area contributed by atoms with E-state index in [9.17, 15) is 0 Å². The standard InChI is InChI=1S/C28H30N6O2/c1-4-21-16-29-28(30-17-21)34-13-11-25(12-14-34)35-26-19(2)27(32-18-31-26)36-33-20(3)23-10-9-22-7-5-6-8-24(22)15-23/h5-10,15-18,25H,4,11-14H2,1-3H3. The van der Waals surface area contributed by atoms with Crippen molar-refractivity contribution in [2.45, 2.75) is 46.1 Å². The van der Waals surface area contributed by atoms with Gasteiger partial charge in [0.25, 0.3) is 5.88 Å². The van der Waals surface area contributed by atoms with Gasteiger partial charge < -0.3 is 14.5 Å². The number of ether oxygens (including phenoxy) is 1. The largest absolute Gasteiger partial charge is 0.474 e. The topological polar surface area (TPSA) is 85.6 Å². The molecule has 1 aliphatic heterocycles. The lowest BCUT2D eigenvalue weighted by Gasteiger charge is -2.32. The lowest BCUT2D eigenvalue weighted by Crippen LogP contribution is -2.39. The van der Waals surface area contributed by atoms with Gasteiger partial charge in [0, 0.05) is 38.3 Å². The molecule has 1 saturated heterocycles. The molecule has 0 aliphatic carbocycles. The summed E-state index contributed by atoms with van der Waals surface area (Å²) in [6.07, 6.45) is 7.98. The fraction of sp³-hybridized carbons (Fsp3) is 0.321. The van der Waals surface area contributed by atoms with Gasteiger partial charge in [-0.15, -0.1) is 0 Å². The van der Waals surface area contributed by atoms with Crippen molar-refractivity contribution >= 4 is 22.4 Å². The van der Waals surface area contributed by atoms with Gasteiger partial charge in [0.05, 0.1) is 11.3 Å². The normalized spacial score (nSPS) is 14.8. The molecule has 184 valence electrons. The van der Waals surface area contributed by atoms with Gasteiger partial charge in [-0.05, 0) is 48.2 Å². The van der Waals surface area contributed by atoms with Crippen LogP contribution in [0.15, 0.2) is 66.3 Å². The minimum absolute atomic E-state index is 0.0560. The van der Waals surface area contributed by atoms with Gasteiger partial charge in [-0.1, -0.05) is 48.5 Å². The maximum absolute atomic E-state index is 6.24. The van der Waals surface area contributed by atoms with Gasteiger partial charge >= 0.3 is 0 Å². The van der Waals surface area contributed by atoms with Gasteiger partial charge in [0.2, 0.25) is 11.8 Å². The summed E-state index contributed by atoms with van der Waals surface area (Å²) in [5.74, 6) is 1.70. The molecule has 2 aromatic carbocycles. The number of aromatic nitrogens is 4. The number of fused-ring (bicyclic) bond motifs is 1. The maximum Gasteiger partial charge on any atom is 0.258 e. The van der Waals surface area contributed by atoms with Crippen LogP contribution in [-0.4, -0.2) is 44.8 Å². The third kappa shape index (κ3) is 5.27. The lowest BCUT2D eigenvalue weighted by molar-refractivity contribution is 0.160. The Labute approximate surface area is 211 Å². The highest BCUT2D eigenvalue weighted by molar-refractivity contribution is 6.01. The third-order valence-corrected chi connectivity index (χ3v) is 6.53. The summed E-state index contributed by atoms with van der Waals surface area (Å²) in [7, 11) is 0. The van der Waals surface area contributed by atoms with E-state index in [4.69, 9.17) is 9.57 Å². The fourth-order valence-electron chi connectivity index (χ4n) is 4.23. The van der Waals surface area contributed by atoms with Crippen molar-refractivity contribution in [2.24, 2.45) is 5.16 Å². The summed E-state index contributed by atoms with van der Waals surface area (Å²) in [6.45, 7) is 7.58. The smallest absolute Gasteiger partial charge is 0.258 e. The molecule has 0 radical (unpaired) electrons. The van der Waals surface area contributed by atoms with E-state index in [2.05, 4.69) is 61.2 Å². The van der Waals surface area contributed by atoms with Crippen LogP contribution in [-0.2, 0) is 6.42 Å². The van der Waals surface area contributed by atoms with Crippen molar-refractivity contribution < 1.29 is 9.57 Å². The summed E-state index contributed by atoms with van der Waals surface area (Å²) in [6, 6.07) is 14.5. The number of oxime groups is 1. The zero-order valence-electron chi connectivity index (χ0n) is 20.9. The first kappa shape index (κ1) is 23.7. The van der Waals surface area contributed by atoms with E-state index in [-0.39, 0.29) is 6.10 Å². The fourth-order valence-corrected chi connectivity index (χ4v) is 4.23. The molecule has 1 aliphatic rings. The van der Waals surface area contributed by atoms with Crippen molar-refractivity contribution in [3.8, 4) is 11.8 Å². The second kappa shape index (κ2) is 10.7. The van der Waals surface area contributed by atoms with Crippen LogP contribution in [0.2, 0.25) is 0 Å². The molecule has 2 aromatic heterocycles. The summed E-state index contributed by atoms with van der Waals surface area (Å²) in [5, 5.41) is 6.68. The number of nitrogens with zero attached hydrogens (tertiary/aromatic N) is 6. The molecule has 36 heavy (non-hydrogen) atoms. The number of anilines is 1. The Hall–Kier alpha value is -4.07. The molecule has 8 nitrogen and oxygen atoms in total. The maximum atomic E-state index is 6.24. The van der Waals surface area contributed by atoms with Gasteiger partial charge in [0.15, 0.2) is 0 Å². The first-order chi connectivity index (χ1) is 17.6.